The summed E-state index contributed by atoms with van der Waals surface area (Å²) in [7, 11) is 0. The van der Waals surface area contributed by atoms with Crippen LogP contribution in [0.4, 0.5) is 4.39 Å². The molecule has 0 unspecified atom stereocenters. The second-order valence-corrected chi connectivity index (χ2v) is 6.67. The Bertz CT molecular complexity index is 449. The smallest absolute Gasteiger partial charge is 0.138 e. The molecule has 1 aliphatic carbocycles. The third-order valence-corrected chi connectivity index (χ3v) is 4.85. The van der Waals surface area contributed by atoms with Crippen molar-refractivity contribution < 1.29 is 4.39 Å². The average molecular weight is 424 g/mol. The van der Waals surface area contributed by atoms with E-state index in [1.807, 2.05) is 6.07 Å². The molecule has 1 aromatic carbocycles. The zero-order valence-electron chi connectivity index (χ0n) is 10.2. The first kappa shape index (κ1) is 14.4. The summed E-state index contributed by atoms with van der Waals surface area (Å²) in [5.41, 5.74) is 2.43. The Kier molecular flexibility index (Phi) is 5.60. The molecule has 0 aliphatic heterocycles. The first-order valence-electron chi connectivity index (χ1n) is 6.32. The summed E-state index contributed by atoms with van der Waals surface area (Å²) in [5.74, 6) is -0.203. The average Bonchev–Trinajstić information content (AvgIpc) is 2.60. The first-order chi connectivity index (χ1) is 8.66. The van der Waals surface area contributed by atoms with Crippen LogP contribution in [-0.4, -0.2) is 5.71 Å². The summed E-state index contributed by atoms with van der Waals surface area (Å²) in [5, 5.41) is 0. The minimum absolute atomic E-state index is 0.203. The van der Waals surface area contributed by atoms with E-state index < -0.39 is 0 Å². The maximum absolute atomic E-state index is 13.3. The molecule has 0 spiro atoms. The van der Waals surface area contributed by atoms with Gasteiger partial charge in [-0.05, 0) is 81.9 Å². The normalized spacial score (nSPS) is 16.5. The van der Waals surface area contributed by atoms with Crippen molar-refractivity contribution in [2.24, 2.45) is 4.99 Å². The van der Waals surface area contributed by atoms with Gasteiger partial charge in [0.15, 0.2) is 0 Å². The molecule has 0 saturated heterocycles. The van der Waals surface area contributed by atoms with Crippen molar-refractivity contribution in [3.63, 3.8) is 0 Å². The lowest BCUT2D eigenvalue weighted by Crippen LogP contribution is -1.98. The standard InChI is InChI=1S/C14H16BrFIN/c15-12-7-10(14(17)8-13(12)16)9-18-11-5-3-1-2-4-6-11/h7-8H,1-6,9H2. The molecule has 2 rings (SSSR count). The summed E-state index contributed by atoms with van der Waals surface area (Å²) < 4.78 is 14.8. The van der Waals surface area contributed by atoms with Gasteiger partial charge in [-0.3, -0.25) is 4.99 Å². The lowest BCUT2D eigenvalue weighted by Gasteiger charge is -2.06. The fraction of sp³-hybridized carbons (Fsp3) is 0.500. The van der Waals surface area contributed by atoms with E-state index in [2.05, 4.69) is 38.5 Å². The molecule has 0 amide bonds. The molecule has 0 heterocycles. The molecule has 0 radical (unpaired) electrons. The van der Waals surface area contributed by atoms with Crippen molar-refractivity contribution in [2.75, 3.05) is 0 Å². The molecule has 98 valence electrons. The number of rotatable bonds is 2. The number of nitrogens with zero attached hydrogens (tertiary/aromatic N) is 1. The Balaban J connectivity index is 2.09. The van der Waals surface area contributed by atoms with E-state index in [0.717, 1.165) is 22.0 Å². The zero-order valence-corrected chi connectivity index (χ0v) is 13.9. The molecule has 1 saturated carbocycles. The van der Waals surface area contributed by atoms with Crippen molar-refractivity contribution in [3.8, 4) is 0 Å². The summed E-state index contributed by atoms with van der Waals surface area (Å²) in [6.45, 7) is 0.673. The van der Waals surface area contributed by atoms with Crippen LogP contribution >= 0.6 is 38.5 Å². The SMILES string of the molecule is Fc1cc(I)c(CN=C2CCCCCC2)cc1Br. The van der Waals surface area contributed by atoms with Gasteiger partial charge in [-0.2, -0.15) is 0 Å². The van der Waals surface area contributed by atoms with Crippen LogP contribution in [0.1, 0.15) is 44.1 Å². The monoisotopic (exact) mass is 423 g/mol. The Labute approximate surface area is 130 Å². The van der Waals surface area contributed by atoms with Gasteiger partial charge in [0.2, 0.25) is 0 Å². The molecule has 1 fully saturated rings. The lowest BCUT2D eigenvalue weighted by molar-refractivity contribution is 0.619. The maximum Gasteiger partial charge on any atom is 0.138 e. The highest BCUT2D eigenvalue weighted by atomic mass is 127. The second-order valence-electron chi connectivity index (χ2n) is 4.65. The molecule has 0 atom stereocenters. The van der Waals surface area contributed by atoms with Crippen LogP contribution in [0.25, 0.3) is 0 Å². The minimum atomic E-state index is -0.203. The van der Waals surface area contributed by atoms with E-state index in [4.69, 9.17) is 4.99 Å². The Morgan fingerprint density at radius 3 is 2.50 bits per heavy atom. The largest absolute Gasteiger partial charge is 0.289 e. The number of aliphatic imine (C=N–C) groups is 1. The summed E-state index contributed by atoms with van der Waals surface area (Å²) >= 11 is 5.41. The fourth-order valence-corrected chi connectivity index (χ4v) is 3.17. The second kappa shape index (κ2) is 6.98. The lowest BCUT2D eigenvalue weighted by atomic mass is 10.1. The van der Waals surface area contributed by atoms with Crippen LogP contribution in [0.5, 0.6) is 0 Å². The number of hydrogen-bond donors (Lipinski definition) is 0. The molecule has 1 aromatic rings. The minimum Gasteiger partial charge on any atom is -0.289 e. The number of halogens is 3. The van der Waals surface area contributed by atoms with Crippen molar-refractivity contribution in [3.05, 3.63) is 31.6 Å². The number of benzene rings is 1. The van der Waals surface area contributed by atoms with Gasteiger partial charge in [-0.15, -0.1) is 0 Å². The zero-order chi connectivity index (χ0) is 13.0. The highest BCUT2D eigenvalue weighted by molar-refractivity contribution is 14.1. The van der Waals surface area contributed by atoms with Crippen molar-refractivity contribution >= 4 is 44.2 Å². The van der Waals surface area contributed by atoms with Crippen molar-refractivity contribution in [2.45, 2.75) is 45.1 Å². The molecule has 1 aliphatic rings. The molecule has 1 nitrogen and oxygen atoms in total. The molecule has 0 aromatic heterocycles. The van der Waals surface area contributed by atoms with E-state index in [-0.39, 0.29) is 5.82 Å². The molecular formula is C14H16BrFIN. The van der Waals surface area contributed by atoms with E-state index in [0.29, 0.717) is 11.0 Å². The predicted molar refractivity (Wildman–Crippen MR) is 85.7 cm³/mol. The Morgan fingerprint density at radius 1 is 1.17 bits per heavy atom. The van der Waals surface area contributed by atoms with Gasteiger partial charge in [0.1, 0.15) is 5.82 Å². The van der Waals surface area contributed by atoms with E-state index in [1.54, 1.807) is 6.07 Å². The van der Waals surface area contributed by atoms with Gasteiger partial charge >= 0.3 is 0 Å². The van der Waals surface area contributed by atoms with Crippen molar-refractivity contribution in [1.29, 1.82) is 0 Å². The molecule has 18 heavy (non-hydrogen) atoms. The van der Waals surface area contributed by atoms with E-state index >= 15 is 0 Å². The van der Waals surface area contributed by atoms with Gasteiger partial charge in [0.05, 0.1) is 11.0 Å². The van der Waals surface area contributed by atoms with Gasteiger partial charge in [0.25, 0.3) is 0 Å². The topological polar surface area (TPSA) is 12.4 Å². The van der Waals surface area contributed by atoms with Crippen LogP contribution in [-0.2, 0) is 6.54 Å². The maximum atomic E-state index is 13.3. The highest BCUT2D eigenvalue weighted by Gasteiger charge is 2.08. The van der Waals surface area contributed by atoms with Gasteiger partial charge in [0, 0.05) is 9.28 Å². The van der Waals surface area contributed by atoms with E-state index in [1.165, 1.54) is 31.4 Å². The van der Waals surface area contributed by atoms with Crippen LogP contribution in [0.2, 0.25) is 0 Å². The summed E-state index contributed by atoms with van der Waals surface area (Å²) in [6.07, 6.45) is 7.47. The summed E-state index contributed by atoms with van der Waals surface area (Å²) in [4.78, 5) is 4.71. The molecular weight excluding hydrogens is 408 g/mol. The van der Waals surface area contributed by atoms with Gasteiger partial charge < -0.3 is 0 Å². The quantitative estimate of drug-likeness (QED) is 0.339. The van der Waals surface area contributed by atoms with Crippen LogP contribution in [0.15, 0.2) is 21.6 Å². The molecule has 0 N–H and O–H groups in total. The molecule has 0 bridgehead atoms. The third kappa shape index (κ3) is 4.02. The highest BCUT2D eigenvalue weighted by Crippen LogP contribution is 2.23. The first-order valence-corrected chi connectivity index (χ1v) is 8.19. The van der Waals surface area contributed by atoms with Crippen LogP contribution < -0.4 is 0 Å². The van der Waals surface area contributed by atoms with Crippen molar-refractivity contribution in [1.82, 2.24) is 0 Å². The predicted octanol–water partition coefficient (Wildman–Crippen LogP) is 5.49. The molecule has 4 heteroatoms. The Hall–Kier alpha value is 0.0300. The van der Waals surface area contributed by atoms with E-state index in [9.17, 15) is 4.39 Å². The third-order valence-electron chi connectivity index (χ3n) is 3.24. The van der Waals surface area contributed by atoms with Crippen LogP contribution in [0, 0.1) is 9.39 Å². The number of hydrogen-bond acceptors (Lipinski definition) is 1. The van der Waals surface area contributed by atoms with Crippen LogP contribution in [0.3, 0.4) is 0 Å². The van der Waals surface area contributed by atoms with Gasteiger partial charge in [-0.25, -0.2) is 4.39 Å². The summed E-state index contributed by atoms with van der Waals surface area (Å²) in [6, 6.07) is 3.41. The Morgan fingerprint density at radius 2 is 1.83 bits per heavy atom. The van der Waals surface area contributed by atoms with Gasteiger partial charge in [-0.1, -0.05) is 12.8 Å². The fourth-order valence-electron chi connectivity index (χ4n) is 2.18.